The van der Waals surface area contributed by atoms with E-state index < -0.39 is 8.07 Å². The van der Waals surface area contributed by atoms with Gasteiger partial charge < -0.3 is 0 Å². The third-order valence-corrected chi connectivity index (χ3v) is 5.69. The van der Waals surface area contributed by atoms with Gasteiger partial charge in [-0.3, -0.25) is 0 Å². The van der Waals surface area contributed by atoms with Gasteiger partial charge in [-0.15, -0.1) is 0 Å². The van der Waals surface area contributed by atoms with E-state index in [2.05, 4.69) is 50.4 Å². The molecule has 0 N–H and O–H groups in total. The smallest absolute Gasteiger partial charge is 0.0480 e. The zero-order valence-electron chi connectivity index (χ0n) is 8.75. The molecule has 13 heavy (non-hydrogen) atoms. The average Bonchev–Trinajstić information content (AvgIpc) is 2.45. The van der Waals surface area contributed by atoms with E-state index in [1.54, 1.807) is 0 Å². The minimum Gasteiger partial charge on any atom is -0.0808 e. The van der Waals surface area contributed by atoms with E-state index in [9.17, 15) is 0 Å². The zero-order valence-corrected chi connectivity index (χ0v) is 9.75. The van der Waals surface area contributed by atoms with Crippen molar-refractivity contribution in [2.45, 2.75) is 31.6 Å². The fraction of sp³-hybridized carbons (Fsp3) is 0.583. The van der Waals surface area contributed by atoms with Crippen LogP contribution in [0.25, 0.3) is 0 Å². The van der Waals surface area contributed by atoms with E-state index in [4.69, 9.17) is 0 Å². The Morgan fingerprint density at radius 2 is 1.85 bits per heavy atom. The second kappa shape index (κ2) is 3.12. The first-order chi connectivity index (χ1) is 6.07. The van der Waals surface area contributed by atoms with Gasteiger partial charge in [-0.25, -0.2) is 0 Å². The van der Waals surface area contributed by atoms with Gasteiger partial charge in [-0.05, 0) is 30.2 Å². The Hall–Kier alpha value is -0.303. The second-order valence-electron chi connectivity index (χ2n) is 5.28. The van der Waals surface area contributed by atoms with Gasteiger partial charge >= 0.3 is 0 Å². The summed E-state index contributed by atoms with van der Waals surface area (Å²) in [6.07, 6.45) is 14.1. The van der Waals surface area contributed by atoms with Gasteiger partial charge in [-0.1, -0.05) is 43.9 Å². The molecule has 0 amide bonds. The van der Waals surface area contributed by atoms with Crippen LogP contribution in [-0.2, 0) is 0 Å². The predicted octanol–water partition coefficient (Wildman–Crippen LogP) is 3.54. The first kappa shape index (κ1) is 9.26. The molecule has 2 rings (SSSR count). The average molecular weight is 190 g/mol. The van der Waals surface area contributed by atoms with Crippen LogP contribution in [0.4, 0.5) is 0 Å². The predicted molar refractivity (Wildman–Crippen MR) is 60.2 cm³/mol. The molecule has 0 bridgehead atoms. The van der Waals surface area contributed by atoms with Crippen LogP contribution in [0.5, 0.6) is 0 Å². The first-order valence-corrected chi connectivity index (χ1v) is 8.76. The van der Waals surface area contributed by atoms with Crippen LogP contribution in [0.2, 0.25) is 25.2 Å². The van der Waals surface area contributed by atoms with Gasteiger partial charge in [-0.2, -0.15) is 0 Å². The summed E-state index contributed by atoms with van der Waals surface area (Å²) in [5, 5.41) is 0. The molecule has 3 unspecified atom stereocenters. The number of allylic oxidation sites excluding steroid dienone is 4. The van der Waals surface area contributed by atoms with Gasteiger partial charge in [0.05, 0.1) is 0 Å². The largest absolute Gasteiger partial charge is 0.0808 e. The summed E-state index contributed by atoms with van der Waals surface area (Å²) < 4.78 is 0. The molecule has 0 saturated heterocycles. The van der Waals surface area contributed by atoms with Crippen molar-refractivity contribution in [3.63, 3.8) is 0 Å². The van der Waals surface area contributed by atoms with Crippen molar-refractivity contribution in [2.24, 2.45) is 11.8 Å². The standard InChI is InChI=1S/C12H18Si/c1-13(2,3)12-8-10-6-4-5-7-11(10)9-12/h4-7,10-12H,8H2,1-3H3. The first-order valence-electron chi connectivity index (χ1n) is 5.18. The summed E-state index contributed by atoms with van der Waals surface area (Å²) >= 11 is 0. The van der Waals surface area contributed by atoms with Crippen LogP contribution in [0.1, 0.15) is 6.42 Å². The van der Waals surface area contributed by atoms with Crippen LogP contribution in [0, 0.1) is 18.3 Å². The highest BCUT2D eigenvalue weighted by molar-refractivity contribution is 6.78. The summed E-state index contributed by atoms with van der Waals surface area (Å²) in [6.45, 7) is 7.36. The third kappa shape index (κ3) is 1.80. The molecule has 0 aromatic carbocycles. The molecule has 0 aliphatic heterocycles. The molecule has 0 nitrogen and oxygen atoms in total. The Kier molecular flexibility index (Phi) is 2.23. The molecule has 0 aromatic rings. The maximum Gasteiger partial charge on any atom is 0.0480 e. The molecule has 1 saturated carbocycles. The quantitative estimate of drug-likeness (QED) is 0.555. The van der Waals surface area contributed by atoms with Crippen LogP contribution in [0.3, 0.4) is 0 Å². The van der Waals surface area contributed by atoms with Crippen LogP contribution >= 0.6 is 0 Å². The molecule has 1 fully saturated rings. The Morgan fingerprint density at radius 1 is 1.15 bits per heavy atom. The second-order valence-corrected chi connectivity index (χ2v) is 10.7. The summed E-state index contributed by atoms with van der Waals surface area (Å²) in [7, 11) is -0.991. The van der Waals surface area contributed by atoms with E-state index in [1.807, 2.05) is 0 Å². The van der Waals surface area contributed by atoms with Gasteiger partial charge in [0.2, 0.25) is 0 Å². The normalized spacial score (nSPS) is 37.9. The van der Waals surface area contributed by atoms with Gasteiger partial charge in [0.25, 0.3) is 0 Å². The molecule has 0 spiro atoms. The molecular weight excluding hydrogens is 172 g/mol. The monoisotopic (exact) mass is 190 g/mol. The lowest BCUT2D eigenvalue weighted by atomic mass is 9.92. The van der Waals surface area contributed by atoms with Crippen molar-refractivity contribution >= 4 is 8.07 Å². The highest BCUT2D eigenvalue weighted by atomic mass is 28.3. The molecule has 70 valence electrons. The highest BCUT2D eigenvalue weighted by Crippen LogP contribution is 2.46. The minimum atomic E-state index is -0.991. The van der Waals surface area contributed by atoms with Gasteiger partial charge in [0.1, 0.15) is 0 Å². The SMILES string of the molecule is C[Si](C)(C)C1[C]C2C=CC=CC2C1. The minimum absolute atomic E-state index is 0.627. The Morgan fingerprint density at radius 3 is 2.46 bits per heavy atom. The lowest BCUT2D eigenvalue weighted by Gasteiger charge is -2.23. The summed E-state index contributed by atoms with van der Waals surface area (Å²) in [5.74, 6) is 1.39. The van der Waals surface area contributed by atoms with Crippen molar-refractivity contribution in [2.75, 3.05) is 0 Å². The van der Waals surface area contributed by atoms with Crippen LogP contribution < -0.4 is 0 Å². The maximum absolute atomic E-state index is 3.76. The van der Waals surface area contributed by atoms with Crippen molar-refractivity contribution in [1.29, 1.82) is 0 Å². The topological polar surface area (TPSA) is 0 Å². The fourth-order valence-electron chi connectivity index (χ4n) is 2.23. The Balaban J connectivity index is 2.09. The summed E-state index contributed by atoms with van der Waals surface area (Å²) in [5.41, 5.74) is 0.801. The lowest BCUT2D eigenvalue weighted by molar-refractivity contribution is 0.587. The van der Waals surface area contributed by atoms with E-state index in [0.29, 0.717) is 5.92 Å². The number of rotatable bonds is 1. The van der Waals surface area contributed by atoms with Crippen molar-refractivity contribution in [3.05, 3.63) is 30.7 Å². The molecule has 2 radical (unpaired) electrons. The number of fused-ring (bicyclic) bond motifs is 1. The van der Waals surface area contributed by atoms with Crippen LogP contribution in [-0.4, -0.2) is 8.07 Å². The number of hydrogen-bond donors (Lipinski definition) is 0. The lowest BCUT2D eigenvalue weighted by Crippen LogP contribution is -2.26. The van der Waals surface area contributed by atoms with Crippen molar-refractivity contribution in [1.82, 2.24) is 0 Å². The van der Waals surface area contributed by atoms with E-state index in [-0.39, 0.29) is 0 Å². The van der Waals surface area contributed by atoms with Gasteiger partial charge in [0, 0.05) is 8.07 Å². The molecule has 2 aliphatic rings. The van der Waals surface area contributed by atoms with Crippen molar-refractivity contribution < 1.29 is 0 Å². The summed E-state index contributed by atoms with van der Waals surface area (Å²) in [6, 6.07) is 0. The molecular formula is C12H18Si. The zero-order chi connectivity index (χ0) is 9.47. The third-order valence-electron chi connectivity index (χ3n) is 3.20. The number of hydrogen-bond acceptors (Lipinski definition) is 0. The molecule has 3 atom stereocenters. The highest BCUT2D eigenvalue weighted by Gasteiger charge is 2.39. The Bertz CT molecular complexity index is 224. The molecule has 0 heterocycles. The molecule has 1 heteroatoms. The molecule has 0 aromatic heterocycles. The van der Waals surface area contributed by atoms with E-state index in [1.165, 1.54) is 6.42 Å². The summed E-state index contributed by atoms with van der Waals surface area (Å²) in [4.78, 5) is 0. The fourth-order valence-corrected chi connectivity index (χ4v) is 3.91. The van der Waals surface area contributed by atoms with Crippen LogP contribution in [0.15, 0.2) is 24.3 Å². The maximum atomic E-state index is 3.76. The van der Waals surface area contributed by atoms with E-state index in [0.717, 1.165) is 11.5 Å². The van der Waals surface area contributed by atoms with Crippen molar-refractivity contribution in [3.8, 4) is 0 Å². The molecule has 2 aliphatic carbocycles. The Labute approximate surface area is 82.7 Å². The van der Waals surface area contributed by atoms with Gasteiger partial charge in [0.15, 0.2) is 0 Å². The van der Waals surface area contributed by atoms with E-state index >= 15 is 0 Å².